The molecule has 0 amide bonds. The van der Waals surface area contributed by atoms with Crippen LogP contribution >= 0.6 is 12.4 Å². The van der Waals surface area contributed by atoms with Crippen LogP contribution in [0.3, 0.4) is 0 Å². The van der Waals surface area contributed by atoms with Gasteiger partial charge in [-0.05, 0) is 31.0 Å². The zero-order valence-corrected chi connectivity index (χ0v) is 14.6. The number of sulfonamides is 1. The van der Waals surface area contributed by atoms with E-state index >= 15 is 0 Å². The van der Waals surface area contributed by atoms with Gasteiger partial charge in [-0.3, -0.25) is 0 Å². The van der Waals surface area contributed by atoms with Crippen molar-refractivity contribution in [3.63, 3.8) is 0 Å². The Labute approximate surface area is 138 Å². The Morgan fingerprint density at radius 3 is 2.32 bits per heavy atom. The first-order valence-electron chi connectivity index (χ1n) is 6.93. The highest BCUT2D eigenvalue weighted by molar-refractivity contribution is 7.89. The number of benzene rings is 1. The van der Waals surface area contributed by atoms with Gasteiger partial charge < -0.3 is 14.8 Å². The first kappa shape index (κ1) is 19.0. The number of piperidine rings is 1. The van der Waals surface area contributed by atoms with Crippen LogP contribution in [0.4, 0.5) is 0 Å². The number of nitrogens with one attached hydrogen (secondary N) is 2. The molecule has 2 unspecified atom stereocenters. The van der Waals surface area contributed by atoms with Gasteiger partial charge in [0.05, 0.1) is 14.2 Å². The summed E-state index contributed by atoms with van der Waals surface area (Å²) in [5.41, 5.74) is 0. The van der Waals surface area contributed by atoms with Crippen LogP contribution in [0.25, 0.3) is 0 Å². The summed E-state index contributed by atoms with van der Waals surface area (Å²) in [7, 11) is -0.832. The van der Waals surface area contributed by atoms with Gasteiger partial charge in [-0.1, -0.05) is 13.0 Å². The molecule has 1 aromatic rings. The van der Waals surface area contributed by atoms with Gasteiger partial charge in [0, 0.05) is 12.6 Å². The molecule has 0 radical (unpaired) electrons. The molecule has 0 aromatic heterocycles. The average molecular weight is 351 g/mol. The van der Waals surface area contributed by atoms with Crippen molar-refractivity contribution in [2.75, 3.05) is 27.3 Å². The van der Waals surface area contributed by atoms with Crippen molar-refractivity contribution in [1.82, 2.24) is 10.0 Å². The summed E-state index contributed by atoms with van der Waals surface area (Å²) in [6.45, 7) is 3.59. The van der Waals surface area contributed by atoms with Crippen molar-refractivity contribution in [2.24, 2.45) is 5.92 Å². The minimum Gasteiger partial charge on any atom is -0.495 e. The highest BCUT2D eigenvalue weighted by atomic mass is 35.5. The van der Waals surface area contributed by atoms with Crippen molar-refractivity contribution in [3.8, 4) is 11.5 Å². The summed E-state index contributed by atoms with van der Waals surface area (Å²) in [6, 6.07) is 4.78. The zero-order chi connectivity index (χ0) is 15.5. The molecule has 1 aliphatic heterocycles. The van der Waals surface area contributed by atoms with E-state index in [-0.39, 0.29) is 40.8 Å². The van der Waals surface area contributed by atoms with Crippen LogP contribution in [0.2, 0.25) is 0 Å². The molecule has 8 heteroatoms. The summed E-state index contributed by atoms with van der Waals surface area (Å²) in [5, 5.41) is 3.21. The van der Waals surface area contributed by atoms with E-state index in [1.807, 2.05) is 6.92 Å². The van der Waals surface area contributed by atoms with Crippen molar-refractivity contribution in [3.05, 3.63) is 18.2 Å². The Balaban J connectivity index is 0.00000242. The summed E-state index contributed by atoms with van der Waals surface area (Å²) in [6.07, 6.45) is 0.941. The lowest BCUT2D eigenvalue weighted by Crippen LogP contribution is -2.50. The van der Waals surface area contributed by atoms with Crippen LogP contribution in [0.1, 0.15) is 13.3 Å². The maximum absolute atomic E-state index is 12.7. The van der Waals surface area contributed by atoms with Gasteiger partial charge in [0.2, 0.25) is 10.0 Å². The fourth-order valence-corrected chi connectivity index (χ4v) is 4.15. The van der Waals surface area contributed by atoms with E-state index in [0.29, 0.717) is 6.54 Å². The maximum Gasteiger partial charge on any atom is 0.248 e. The molecule has 0 spiro atoms. The number of hydrogen-bond donors (Lipinski definition) is 2. The molecular weight excluding hydrogens is 328 g/mol. The topological polar surface area (TPSA) is 76.7 Å². The van der Waals surface area contributed by atoms with Crippen LogP contribution in [-0.4, -0.2) is 41.8 Å². The van der Waals surface area contributed by atoms with Gasteiger partial charge in [0.25, 0.3) is 0 Å². The lowest BCUT2D eigenvalue weighted by molar-refractivity contribution is 0.325. The SMILES string of the molecule is COc1cccc(OC)c1S(=O)(=O)NC1CNCCC1C.Cl. The van der Waals surface area contributed by atoms with Crippen LogP contribution < -0.4 is 19.5 Å². The minimum atomic E-state index is -3.72. The number of methoxy groups -OCH3 is 2. The molecule has 22 heavy (non-hydrogen) atoms. The Morgan fingerprint density at radius 1 is 1.23 bits per heavy atom. The molecule has 0 saturated carbocycles. The van der Waals surface area contributed by atoms with Crippen LogP contribution in [0, 0.1) is 5.92 Å². The van der Waals surface area contributed by atoms with Crippen molar-refractivity contribution in [1.29, 1.82) is 0 Å². The molecule has 1 saturated heterocycles. The van der Waals surface area contributed by atoms with E-state index in [4.69, 9.17) is 9.47 Å². The average Bonchev–Trinajstić information content (AvgIpc) is 2.48. The van der Waals surface area contributed by atoms with Crippen molar-refractivity contribution >= 4 is 22.4 Å². The van der Waals surface area contributed by atoms with E-state index in [0.717, 1.165) is 13.0 Å². The van der Waals surface area contributed by atoms with Crippen molar-refractivity contribution < 1.29 is 17.9 Å². The lowest BCUT2D eigenvalue weighted by Gasteiger charge is -2.30. The standard InChI is InChI=1S/C14H22N2O4S.ClH/c1-10-7-8-15-9-11(10)16-21(17,18)14-12(19-2)5-4-6-13(14)20-3;/h4-6,10-11,15-16H,7-9H2,1-3H3;1H. The normalized spacial score (nSPS) is 21.8. The summed E-state index contributed by atoms with van der Waals surface area (Å²) in [5.74, 6) is 0.832. The van der Waals surface area contributed by atoms with Gasteiger partial charge >= 0.3 is 0 Å². The number of ether oxygens (including phenoxy) is 2. The molecule has 2 rings (SSSR count). The second-order valence-corrected chi connectivity index (χ2v) is 6.84. The molecule has 1 aromatic carbocycles. The van der Waals surface area contributed by atoms with E-state index in [1.165, 1.54) is 14.2 Å². The predicted octanol–water partition coefficient (Wildman–Crippen LogP) is 1.40. The highest BCUT2D eigenvalue weighted by Crippen LogP contribution is 2.33. The maximum atomic E-state index is 12.7. The number of rotatable bonds is 5. The summed E-state index contributed by atoms with van der Waals surface area (Å²) in [4.78, 5) is 0.0489. The van der Waals surface area contributed by atoms with Crippen molar-refractivity contribution in [2.45, 2.75) is 24.3 Å². The third-order valence-electron chi connectivity index (χ3n) is 3.79. The van der Waals surface area contributed by atoms with Crippen LogP contribution in [0.15, 0.2) is 23.1 Å². The van der Waals surface area contributed by atoms with E-state index < -0.39 is 10.0 Å². The Kier molecular flexibility index (Phi) is 6.93. The predicted molar refractivity (Wildman–Crippen MR) is 87.6 cm³/mol. The molecular formula is C14H23ClN2O4S. The van der Waals surface area contributed by atoms with Crippen LogP contribution in [-0.2, 0) is 10.0 Å². The Morgan fingerprint density at radius 2 is 1.82 bits per heavy atom. The highest BCUT2D eigenvalue weighted by Gasteiger charge is 2.30. The monoisotopic (exact) mass is 350 g/mol. The first-order chi connectivity index (χ1) is 9.99. The Hall–Kier alpha value is -1.02. The van der Waals surface area contributed by atoms with Gasteiger partial charge in [0.15, 0.2) is 4.90 Å². The molecule has 1 fully saturated rings. The molecule has 0 aliphatic carbocycles. The largest absolute Gasteiger partial charge is 0.495 e. The fourth-order valence-electron chi connectivity index (χ4n) is 2.49. The molecule has 2 atom stereocenters. The minimum absolute atomic E-state index is 0. The zero-order valence-electron chi connectivity index (χ0n) is 13.0. The summed E-state index contributed by atoms with van der Waals surface area (Å²) >= 11 is 0. The Bertz CT molecular complexity index is 572. The fraction of sp³-hybridized carbons (Fsp3) is 0.571. The molecule has 2 N–H and O–H groups in total. The lowest BCUT2D eigenvalue weighted by atomic mass is 9.96. The van der Waals surface area contributed by atoms with Gasteiger partial charge in [-0.15, -0.1) is 12.4 Å². The molecule has 1 heterocycles. The van der Waals surface area contributed by atoms with E-state index in [9.17, 15) is 8.42 Å². The first-order valence-corrected chi connectivity index (χ1v) is 8.42. The third-order valence-corrected chi connectivity index (χ3v) is 5.34. The molecule has 0 bridgehead atoms. The van der Waals surface area contributed by atoms with E-state index in [1.54, 1.807) is 18.2 Å². The second kappa shape index (κ2) is 8.01. The number of hydrogen-bond acceptors (Lipinski definition) is 5. The van der Waals surface area contributed by atoms with Gasteiger partial charge in [-0.25, -0.2) is 13.1 Å². The third kappa shape index (κ3) is 4.04. The molecule has 126 valence electrons. The quantitative estimate of drug-likeness (QED) is 0.839. The molecule has 6 nitrogen and oxygen atoms in total. The van der Waals surface area contributed by atoms with E-state index in [2.05, 4.69) is 10.0 Å². The number of halogens is 1. The van der Waals surface area contributed by atoms with Gasteiger partial charge in [0.1, 0.15) is 11.5 Å². The summed E-state index contributed by atoms with van der Waals surface area (Å²) < 4.78 is 38.5. The van der Waals surface area contributed by atoms with Gasteiger partial charge in [-0.2, -0.15) is 0 Å². The second-order valence-electron chi connectivity index (χ2n) is 5.19. The molecule has 1 aliphatic rings. The van der Waals surface area contributed by atoms with Crippen LogP contribution in [0.5, 0.6) is 11.5 Å². The smallest absolute Gasteiger partial charge is 0.248 e.